The Morgan fingerprint density at radius 2 is 1.95 bits per heavy atom. The van der Waals surface area contributed by atoms with Crippen LogP contribution in [0.1, 0.15) is 59.1 Å². The van der Waals surface area contributed by atoms with Crippen molar-refractivity contribution in [1.82, 2.24) is 4.90 Å². The van der Waals surface area contributed by atoms with E-state index in [9.17, 15) is 4.79 Å². The molecule has 0 spiro atoms. The zero-order valence-electron chi connectivity index (χ0n) is 13.2. The summed E-state index contributed by atoms with van der Waals surface area (Å²) in [5.41, 5.74) is 0.932. The summed E-state index contributed by atoms with van der Waals surface area (Å²) in [6, 6.07) is 2.64. The number of ketones is 1. The van der Waals surface area contributed by atoms with Crippen molar-refractivity contribution in [3.8, 4) is 0 Å². The molecule has 0 amide bonds. The molecule has 1 aromatic heterocycles. The second kappa shape index (κ2) is 6.86. The molecule has 0 radical (unpaired) electrons. The van der Waals surface area contributed by atoms with Gasteiger partial charge in [0, 0.05) is 21.4 Å². The molecule has 2 nitrogen and oxygen atoms in total. The summed E-state index contributed by atoms with van der Waals surface area (Å²) in [5.74, 6) is 1.20. The third kappa shape index (κ3) is 3.70. The average Bonchev–Trinajstić information content (AvgIpc) is 2.78. The Morgan fingerprint density at radius 1 is 1.30 bits per heavy atom. The lowest BCUT2D eigenvalue weighted by molar-refractivity contribution is 0.0884. The molecule has 0 aromatic carbocycles. The quantitative estimate of drug-likeness (QED) is 0.748. The lowest BCUT2D eigenvalue weighted by Crippen LogP contribution is -2.38. The van der Waals surface area contributed by atoms with E-state index in [2.05, 4.69) is 32.7 Å². The number of nitrogens with zero attached hydrogens (tertiary/aromatic N) is 1. The molecule has 0 bridgehead atoms. The minimum atomic E-state index is 0.284. The van der Waals surface area contributed by atoms with Gasteiger partial charge in [-0.05, 0) is 58.6 Å². The fourth-order valence-electron chi connectivity index (χ4n) is 3.34. The SMILES string of the molecule is CCC1CCC(N(C)CC(=O)c2cc(C)sc2C)CC1. The highest BCUT2D eigenvalue weighted by Gasteiger charge is 2.24. The zero-order valence-corrected chi connectivity index (χ0v) is 14.1. The first-order valence-electron chi connectivity index (χ1n) is 7.81. The van der Waals surface area contributed by atoms with Crippen molar-refractivity contribution < 1.29 is 4.79 Å². The smallest absolute Gasteiger partial charge is 0.177 e. The zero-order chi connectivity index (χ0) is 14.7. The molecule has 1 heterocycles. The Balaban J connectivity index is 1.90. The standard InChI is InChI=1S/C17H27NOS/c1-5-14-6-8-15(9-7-14)18(4)11-17(19)16-10-12(2)20-13(16)3/h10,14-15H,5-9,11H2,1-4H3. The molecular formula is C17H27NOS. The van der Waals surface area contributed by atoms with Crippen molar-refractivity contribution in [3.63, 3.8) is 0 Å². The molecule has 112 valence electrons. The number of likely N-dealkylation sites (N-methyl/N-ethyl adjacent to an activating group) is 1. The molecule has 1 saturated carbocycles. The second-order valence-electron chi connectivity index (χ2n) is 6.25. The fraction of sp³-hybridized carbons (Fsp3) is 0.706. The molecule has 3 heteroatoms. The summed E-state index contributed by atoms with van der Waals surface area (Å²) in [5, 5.41) is 0. The number of rotatable bonds is 5. The molecule has 20 heavy (non-hydrogen) atoms. The largest absolute Gasteiger partial charge is 0.296 e. The Morgan fingerprint density at radius 3 is 2.45 bits per heavy atom. The highest BCUT2D eigenvalue weighted by Crippen LogP contribution is 2.29. The normalized spacial score (nSPS) is 23.2. The number of aryl methyl sites for hydroxylation is 2. The maximum Gasteiger partial charge on any atom is 0.177 e. The van der Waals surface area contributed by atoms with E-state index in [0.717, 1.165) is 16.4 Å². The van der Waals surface area contributed by atoms with Crippen LogP contribution in [0.2, 0.25) is 0 Å². The Kier molecular flexibility index (Phi) is 5.39. The van der Waals surface area contributed by atoms with Gasteiger partial charge in [-0.1, -0.05) is 13.3 Å². The van der Waals surface area contributed by atoms with Gasteiger partial charge in [-0.25, -0.2) is 0 Å². The maximum atomic E-state index is 12.4. The Hall–Kier alpha value is -0.670. The predicted octanol–water partition coefficient (Wildman–Crippen LogP) is 4.45. The number of carbonyl (C=O) groups excluding carboxylic acids is 1. The highest BCUT2D eigenvalue weighted by molar-refractivity contribution is 7.12. The topological polar surface area (TPSA) is 20.3 Å². The summed E-state index contributed by atoms with van der Waals surface area (Å²) < 4.78 is 0. The number of hydrogen-bond acceptors (Lipinski definition) is 3. The lowest BCUT2D eigenvalue weighted by atomic mass is 9.84. The fourth-order valence-corrected chi connectivity index (χ4v) is 4.28. The first-order chi connectivity index (χ1) is 9.51. The predicted molar refractivity (Wildman–Crippen MR) is 86.8 cm³/mol. The van der Waals surface area contributed by atoms with Gasteiger partial charge in [-0.2, -0.15) is 0 Å². The molecule has 1 fully saturated rings. The van der Waals surface area contributed by atoms with E-state index in [1.165, 1.54) is 37.0 Å². The van der Waals surface area contributed by atoms with Gasteiger partial charge < -0.3 is 0 Å². The van der Waals surface area contributed by atoms with Gasteiger partial charge in [0.05, 0.1) is 6.54 Å². The molecule has 0 N–H and O–H groups in total. The van der Waals surface area contributed by atoms with Crippen molar-refractivity contribution in [3.05, 3.63) is 21.4 Å². The van der Waals surface area contributed by atoms with Crippen LogP contribution in [0.5, 0.6) is 0 Å². The Labute approximate surface area is 127 Å². The van der Waals surface area contributed by atoms with E-state index in [0.29, 0.717) is 12.6 Å². The number of thiophene rings is 1. The highest BCUT2D eigenvalue weighted by atomic mass is 32.1. The van der Waals surface area contributed by atoms with E-state index in [4.69, 9.17) is 0 Å². The van der Waals surface area contributed by atoms with Gasteiger partial charge in [0.1, 0.15) is 0 Å². The van der Waals surface area contributed by atoms with Crippen LogP contribution in [0, 0.1) is 19.8 Å². The number of hydrogen-bond donors (Lipinski definition) is 0. The molecule has 0 atom stereocenters. The monoisotopic (exact) mass is 293 g/mol. The van der Waals surface area contributed by atoms with Crippen molar-refractivity contribution in [2.75, 3.05) is 13.6 Å². The molecule has 0 unspecified atom stereocenters. The summed E-state index contributed by atoms with van der Waals surface area (Å²) in [6.07, 6.45) is 6.48. The third-order valence-electron chi connectivity index (χ3n) is 4.75. The van der Waals surface area contributed by atoms with E-state index >= 15 is 0 Å². The van der Waals surface area contributed by atoms with Crippen molar-refractivity contribution in [2.24, 2.45) is 5.92 Å². The molecule has 0 saturated heterocycles. The molecule has 2 rings (SSSR count). The Bertz CT molecular complexity index is 458. The molecule has 1 aliphatic carbocycles. The van der Waals surface area contributed by atoms with Gasteiger partial charge in [-0.15, -0.1) is 11.3 Å². The van der Waals surface area contributed by atoms with E-state index in [1.54, 1.807) is 11.3 Å². The van der Waals surface area contributed by atoms with E-state index < -0.39 is 0 Å². The molecule has 1 aliphatic rings. The van der Waals surface area contributed by atoms with Crippen LogP contribution in [0.3, 0.4) is 0 Å². The minimum absolute atomic E-state index is 0.284. The van der Waals surface area contributed by atoms with E-state index in [-0.39, 0.29) is 5.78 Å². The van der Waals surface area contributed by atoms with Gasteiger partial charge in [0.25, 0.3) is 0 Å². The third-order valence-corrected chi connectivity index (χ3v) is 5.72. The van der Waals surface area contributed by atoms with Crippen LogP contribution in [-0.2, 0) is 0 Å². The van der Waals surface area contributed by atoms with Crippen LogP contribution in [-0.4, -0.2) is 30.3 Å². The average molecular weight is 293 g/mol. The van der Waals surface area contributed by atoms with Crippen LogP contribution >= 0.6 is 11.3 Å². The van der Waals surface area contributed by atoms with Gasteiger partial charge in [0.2, 0.25) is 0 Å². The van der Waals surface area contributed by atoms with Crippen LogP contribution in [0.15, 0.2) is 6.07 Å². The van der Waals surface area contributed by atoms with E-state index in [1.807, 2.05) is 6.07 Å². The number of carbonyl (C=O) groups is 1. The van der Waals surface area contributed by atoms with Crippen LogP contribution in [0.25, 0.3) is 0 Å². The summed E-state index contributed by atoms with van der Waals surface area (Å²) in [7, 11) is 2.11. The number of Topliss-reactive ketones (excluding diaryl/α,β-unsaturated/α-hetero) is 1. The second-order valence-corrected chi connectivity index (χ2v) is 7.71. The molecule has 1 aromatic rings. The summed E-state index contributed by atoms with van der Waals surface area (Å²) >= 11 is 1.72. The van der Waals surface area contributed by atoms with Crippen LogP contribution < -0.4 is 0 Å². The van der Waals surface area contributed by atoms with Crippen molar-refractivity contribution >= 4 is 17.1 Å². The van der Waals surface area contributed by atoms with Crippen molar-refractivity contribution in [1.29, 1.82) is 0 Å². The van der Waals surface area contributed by atoms with Crippen molar-refractivity contribution in [2.45, 2.75) is 58.9 Å². The summed E-state index contributed by atoms with van der Waals surface area (Å²) in [6.45, 7) is 6.99. The summed E-state index contributed by atoms with van der Waals surface area (Å²) in [4.78, 5) is 17.1. The lowest BCUT2D eigenvalue weighted by Gasteiger charge is -2.34. The first kappa shape index (κ1) is 15.7. The molecule has 0 aliphatic heterocycles. The molecular weight excluding hydrogens is 266 g/mol. The van der Waals surface area contributed by atoms with Gasteiger partial charge >= 0.3 is 0 Å². The minimum Gasteiger partial charge on any atom is -0.296 e. The van der Waals surface area contributed by atoms with Gasteiger partial charge in [-0.3, -0.25) is 9.69 Å². The van der Waals surface area contributed by atoms with Gasteiger partial charge in [0.15, 0.2) is 5.78 Å². The maximum absolute atomic E-state index is 12.4. The first-order valence-corrected chi connectivity index (χ1v) is 8.63. The van der Waals surface area contributed by atoms with Crippen LogP contribution in [0.4, 0.5) is 0 Å².